The zero-order valence-corrected chi connectivity index (χ0v) is 15.2. The number of hydrogen-bond acceptors (Lipinski definition) is 7. The SMILES string of the molecule is C[C@@H]1CNC[C@](NC(=O)C2(N)COC2)(c2ccc(C#N)c3nccnc23)C1. The monoisotopic (exact) mass is 366 g/mol. The number of nitriles is 1. The third-order valence-corrected chi connectivity index (χ3v) is 5.40. The van der Waals surface area contributed by atoms with Gasteiger partial charge in [-0.05, 0) is 24.9 Å². The van der Waals surface area contributed by atoms with Gasteiger partial charge in [0, 0.05) is 24.5 Å². The molecule has 4 rings (SSSR count). The van der Waals surface area contributed by atoms with Crippen molar-refractivity contribution in [2.24, 2.45) is 11.7 Å². The largest absolute Gasteiger partial charge is 0.376 e. The topological polar surface area (TPSA) is 126 Å². The minimum absolute atomic E-state index is 0.214. The van der Waals surface area contributed by atoms with E-state index in [1.807, 2.05) is 6.07 Å². The molecule has 2 aliphatic rings. The van der Waals surface area contributed by atoms with Crippen molar-refractivity contribution < 1.29 is 9.53 Å². The molecule has 8 nitrogen and oxygen atoms in total. The van der Waals surface area contributed by atoms with E-state index in [1.54, 1.807) is 18.5 Å². The van der Waals surface area contributed by atoms with E-state index in [4.69, 9.17) is 10.5 Å². The molecule has 27 heavy (non-hydrogen) atoms. The molecule has 8 heteroatoms. The molecule has 2 fully saturated rings. The molecule has 0 bridgehead atoms. The van der Waals surface area contributed by atoms with Crippen LogP contribution in [-0.2, 0) is 15.1 Å². The molecule has 2 aromatic rings. The summed E-state index contributed by atoms with van der Waals surface area (Å²) in [7, 11) is 0. The number of carbonyl (C=O) groups excluding carboxylic acids is 1. The van der Waals surface area contributed by atoms with E-state index in [0.29, 0.717) is 29.1 Å². The maximum absolute atomic E-state index is 12.9. The summed E-state index contributed by atoms with van der Waals surface area (Å²) in [5.41, 5.74) is 6.96. The molecule has 0 aliphatic carbocycles. The van der Waals surface area contributed by atoms with Crippen LogP contribution >= 0.6 is 0 Å². The Hall–Kier alpha value is -2.60. The van der Waals surface area contributed by atoms with Gasteiger partial charge in [0.05, 0.1) is 29.8 Å². The summed E-state index contributed by atoms with van der Waals surface area (Å²) in [5, 5.41) is 16.0. The summed E-state index contributed by atoms with van der Waals surface area (Å²) >= 11 is 0. The first-order valence-corrected chi connectivity index (χ1v) is 9.02. The Morgan fingerprint density at radius 3 is 2.74 bits per heavy atom. The summed E-state index contributed by atoms with van der Waals surface area (Å²) < 4.78 is 5.15. The number of rotatable bonds is 3. The molecule has 2 aliphatic heterocycles. The molecule has 1 aromatic carbocycles. The van der Waals surface area contributed by atoms with Crippen molar-refractivity contribution in [3.8, 4) is 6.07 Å². The maximum atomic E-state index is 12.9. The predicted octanol–water partition coefficient (Wildman–Crippen LogP) is 0.170. The van der Waals surface area contributed by atoms with Crippen LogP contribution in [0.1, 0.15) is 24.5 Å². The fourth-order valence-electron chi connectivity index (χ4n) is 3.97. The molecule has 4 N–H and O–H groups in total. The lowest BCUT2D eigenvalue weighted by molar-refractivity contribution is -0.146. The number of carbonyl (C=O) groups is 1. The fourth-order valence-corrected chi connectivity index (χ4v) is 3.97. The van der Waals surface area contributed by atoms with Crippen LogP contribution in [0.25, 0.3) is 11.0 Å². The molecule has 2 saturated heterocycles. The minimum Gasteiger partial charge on any atom is -0.376 e. The van der Waals surface area contributed by atoms with Crippen LogP contribution in [0, 0.1) is 17.2 Å². The second-order valence-corrected chi connectivity index (χ2v) is 7.65. The van der Waals surface area contributed by atoms with E-state index in [0.717, 1.165) is 18.5 Å². The first-order valence-electron chi connectivity index (χ1n) is 9.02. The molecular formula is C19H22N6O2. The number of aromatic nitrogens is 2. The van der Waals surface area contributed by atoms with Crippen molar-refractivity contribution >= 4 is 16.9 Å². The molecule has 3 heterocycles. The van der Waals surface area contributed by atoms with Gasteiger partial charge >= 0.3 is 0 Å². The molecule has 2 atom stereocenters. The average molecular weight is 366 g/mol. The first-order chi connectivity index (χ1) is 13.0. The number of fused-ring (bicyclic) bond motifs is 1. The van der Waals surface area contributed by atoms with Gasteiger partial charge in [0.25, 0.3) is 0 Å². The van der Waals surface area contributed by atoms with Gasteiger partial charge in [-0.3, -0.25) is 14.8 Å². The second kappa shape index (κ2) is 6.53. The Balaban J connectivity index is 1.84. The van der Waals surface area contributed by atoms with Crippen molar-refractivity contribution in [1.29, 1.82) is 5.26 Å². The Morgan fingerprint density at radius 1 is 1.37 bits per heavy atom. The van der Waals surface area contributed by atoms with E-state index in [9.17, 15) is 10.1 Å². The summed E-state index contributed by atoms with van der Waals surface area (Å²) in [5.74, 6) is 0.110. The first kappa shape index (κ1) is 17.8. The van der Waals surface area contributed by atoms with Gasteiger partial charge in [0.15, 0.2) is 0 Å². The standard InChI is InChI=1S/C19H22N6O2/c1-12-6-19(9-22-8-12,25-17(26)18(21)10-27-11-18)14-3-2-13(7-20)15-16(14)24-5-4-23-15/h2-5,12,22H,6,8-11,21H2,1H3,(H,25,26)/t12-,19-/m0/s1. The van der Waals surface area contributed by atoms with Gasteiger partial charge < -0.3 is 21.1 Å². The molecule has 0 spiro atoms. The molecule has 0 saturated carbocycles. The third-order valence-electron chi connectivity index (χ3n) is 5.40. The molecule has 1 aromatic heterocycles. The normalized spacial score (nSPS) is 26.8. The Morgan fingerprint density at radius 2 is 2.11 bits per heavy atom. The van der Waals surface area contributed by atoms with Crippen molar-refractivity contribution in [2.45, 2.75) is 24.4 Å². The fraction of sp³-hybridized carbons (Fsp3) is 0.474. The van der Waals surface area contributed by atoms with E-state index in [1.165, 1.54) is 0 Å². The van der Waals surface area contributed by atoms with E-state index in [-0.39, 0.29) is 19.1 Å². The number of nitrogens with zero attached hydrogens (tertiary/aromatic N) is 3. The van der Waals surface area contributed by atoms with Crippen molar-refractivity contribution in [2.75, 3.05) is 26.3 Å². The highest BCUT2D eigenvalue weighted by atomic mass is 16.5. The predicted molar refractivity (Wildman–Crippen MR) is 98.5 cm³/mol. The molecule has 1 amide bonds. The van der Waals surface area contributed by atoms with Gasteiger partial charge in [0.2, 0.25) is 5.91 Å². The number of hydrogen-bond donors (Lipinski definition) is 3. The van der Waals surface area contributed by atoms with E-state index >= 15 is 0 Å². The van der Waals surface area contributed by atoms with Crippen LogP contribution in [-0.4, -0.2) is 47.7 Å². The lowest BCUT2D eigenvalue weighted by atomic mass is 9.77. The van der Waals surface area contributed by atoms with Crippen LogP contribution in [0.3, 0.4) is 0 Å². The highest BCUT2D eigenvalue weighted by Crippen LogP contribution is 2.36. The number of nitrogens with two attached hydrogens (primary N) is 1. The lowest BCUT2D eigenvalue weighted by Crippen LogP contribution is -2.70. The van der Waals surface area contributed by atoms with Gasteiger partial charge in [-0.15, -0.1) is 0 Å². The highest BCUT2D eigenvalue weighted by Gasteiger charge is 2.47. The third kappa shape index (κ3) is 2.94. The zero-order valence-electron chi connectivity index (χ0n) is 15.2. The number of amides is 1. The minimum atomic E-state index is -0.998. The second-order valence-electron chi connectivity index (χ2n) is 7.65. The van der Waals surface area contributed by atoms with E-state index in [2.05, 4.69) is 33.6 Å². The van der Waals surface area contributed by atoms with Gasteiger partial charge in [-0.1, -0.05) is 13.0 Å². The molecule has 140 valence electrons. The lowest BCUT2D eigenvalue weighted by Gasteiger charge is -2.45. The van der Waals surface area contributed by atoms with Crippen molar-refractivity contribution in [1.82, 2.24) is 20.6 Å². The van der Waals surface area contributed by atoms with Crippen LogP contribution in [0.15, 0.2) is 24.5 Å². The van der Waals surface area contributed by atoms with Crippen molar-refractivity contribution in [3.05, 3.63) is 35.7 Å². The number of benzene rings is 1. The Kier molecular flexibility index (Phi) is 4.30. The number of nitrogens with one attached hydrogen (secondary N) is 2. The highest BCUT2D eigenvalue weighted by molar-refractivity contribution is 5.90. The quantitative estimate of drug-likeness (QED) is 0.707. The van der Waals surface area contributed by atoms with Gasteiger partial charge in [0.1, 0.15) is 17.1 Å². The summed E-state index contributed by atoms with van der Waals surface area (Å²) in [6.45, 7) is 3.98. The van der Waals surface area contributed by atoms with Crippen LogP contribution in [0.2, 0.25) is 0 Å². The van der Waals surface area contributed by atoms with Gasteiger partial charge in [-0.2, -0.15) is 5.26 Å². The molecule has 0 unspecified atom stereocenters. The number of piperidine rings is 1. The van der Waals surface area contributed by atoms with Crippen LogP contribution in [0.4, 0.5) is 0 Å². The smallest absolute Gasteiger partial charge is 0.245 e. The summed E-state index contributed by atoms with van der Waals surface area (Å²) in [4.78, 5) is 21.8. The summed E-state index contributed by atoms with van der Waals surface area (Å²) in [6.07, 6.45) is 3.91. The zero-order chi connectivity index (χ0) is 19.1. The van der Waals surface area contributed by atoms with E-state index < -0.39 is 11.1 Å². The maximum Gasteiger partial charge on any atom is 0.245 e. The van der Waals surface area contributed by atoms with Crippen molar-refractivity contribution in [3.63, 3.8) is 0 Å². The average Bonchev–Trinajstić information content (AvgIpc) is 2.65. The Bertz CT molecular complexity index is 935. The van der Waals surface area contributed by atoms with Crippen LogP contribution < -0.4 is 16.4 Å². The summed E-state index contributed by atoms with van der Waals surface area (Å²) in [6, 6.07) is 5.77. The number of ether oxygens (including phenoxy) is 1. The Labute approximate surface area is 157 Å². The molecule has 0 radical (unpaired) electrons. The van der Waals surface area contributed by atoms with Crippen LogP contribution in [0.5, 0.6) is 0 Å². The molecular weight excluding hydrogens is 344 g/mol. The van der Waals surface area contributed by atoms with Gasteiger partial charge in [-0.25, -0.2) is 0 Å².